The summed E-state index contributed by atoms with van der Waals surface area (Å²) < 4.78 is 0. The Morgan fingerprint density at radius 1 is 0.933 bits per heavy atom. The molecule has 3 N–H and O–H groups in total. The summed E-state index contributed by atoms with van der Waals surface area (Å²) in [5.41, 5.74) is 0. The first-order valence-electron chi connectivity index (χ1n) is 5.94. The molecule has 0 atom stereocenters. The smallest absolute Gasteiger partial charge is 0.0137 e. The van der Waals surface area contributed by atoms with Crippen molar-refractivity contribution < 1.29 is 0 Å². The maximum absolute atomic E-state index is 5.47. The van der Waals surface area contributed by atoms with Gasteiger partial charge in [0.05, 0.1) is 0 Å². The van der Waals surface area contributed by atoms with Crippen molar-refractivity contribution in [3.8, 4) is 0 Å². The van der Waals surface area contributed by atoms with E-state index in [1.54, 1.807) is 5.01 Å². The van der Waals surface area contributed by atoms with Gasteiger partial charge in [0.25, 0.3) is 0 Å². The number of nitrogens with two attached hydrogens (primary N) is 1. The highest BCUT2D eigenvalue weighted by Gasteiger charge is 1.92. The quantitative estimate of drug-likeness (QED) is 0.358. The molecule has 0 aliphatic carbocycles. The van der Waals surface area contributed by atoms with Gasteiger partial charge in [0.1, 0.15) is 0 Å². The second-order valence-electron chi connectivity index (χ2n) is 3.74. The Kier molecular flexibility index (Phi) is 15.9. The van der Waals surface area contributed by atoms with Crippen molar-refractivity contribution in [2.24, 2.45) is 5.84 Å². The van der Waals surface area contributed by atoms with Gasteiger partial charge in [-0.15, -0.1) is 0 Å². The van der Waals surface area contributed by atoms with Gasteiger partial charge in [-0.1, -0.05) is 13.8 Å². The zero-order valence-electron chi connectivity index (χ0n) is 11.2. The molecule has 0 unspecified atom stereocenters. The van der Waals surface area contributed by atoms with E-state index >= 15 is 0 Å². The van der Waals surface area contributed by atoms with Crippen molar-refractivity contribution in [1.29, 1.82) is 0 Å². The average Bonchev–Trinajstić information content (AvgIpc) is 2.18. The predicted octanol–water partition coefficient (Wildman–Crippen LogP) is 0.750. The second-order valence-corrected chi connectivity index (χ2v) is 3.74. The summed E-state index contributed by atoms with van der Waals surface area (Å²) in [4.78, 5) is 2.20. The SMILES string of the molecule is CC.CN(C)CCCNCCCN(C)N. The van der Waals surface area contributed by atoms with Gasteiger partial charge in [0, 0.05) is 13.6 Å². The van der Waals surface area contributed by atoms with Crippen LogP contribution < -0.4 is 11.2 Å². The number of nitrogens with zero attached hydrogens (tertiary/aromatic N) is 2. The van der Waals surface area contributed by atoms with Crippen LogP contribution in [0.25, 0.3) is 0 Å². The number of hydrogen-bond acceptors (Lipinski definition) is 4. The van der Waals surface area contributed by atoms with Gasteiger partial charge in [0.15, 0.2) is 0 Å². The van der Waals surface area contributed by atoms with E-state index in [1.807, 2.05) is 20.9 Å². The summed E-state index contributed by atoms with van der Waals surface area (Å²) >= 11 is 0. The molecule has 0 aliphatic rings. The minimum Gasteiger partial charge on any atom is -0.317 e. The first kappa shape index (κ1) is 17.2. The number of rotatable bonds is 8. The molecule has 0 radical (unpaired) electrons. The van der Waals surface area contributed by atoms with E-state index in [9.17, 15) is 0 Å². The molecule has 0 aromatic heterocycles. The van der Waals surface area contributed by atoms with E-state index in [-0.39, 0.29) is 0 Å². The van der Waals surface area contributed by atoms with Crippen LogP contribution in [0.5, 0.6) is 0 Å². The van der Waals surface area contributed by atoms with Gasteiger partial charge < -0.3 is 10.2 Å². The minimum absolute atomic E-state index is 0.959. The Morgan fingerprint density at radius 3 is 1.80 bits per heavy atom. The fourth-order valence-corrected chi connectivity index (χ4v) is 1.10. The van der Waals surface area contributed by atoms with Crippen molar-refractivity contribution in [1.82, 2.24) is 15.2 Å². The van der Waals surface area contributed by atoms with Crippen LogP contribution >= 0.6 is 0 Å². The third kappa shape index (κ3) is 20.0. The van der Waals surface area contributed by atoms with Crippen molar-refractivity contribution in [2.45, 2.75) is 26.7 Å². The van der Waals surface area contributed by atoms with Gasteiger partial charge in [-0.3, -0.25) is 10.9 Å². The third-order valence-corrected chi connectivity index (χ3v) is 1.82. The lowest BCUT2D eigenvalue weighted by molar-refractivity contribution is 0.338. The highest BCUT2D eigenvalue weighted by Crippen LogP contribution is 1.82. The first-order valence-corrected chi connectivity index (χ1v) is 5.94. The van der Waals surface area contributed by atoms with E-state index in [2.05, 4.69) is 24.3 Å². The molecule has 0 spiro atoms. The molecule has 0 bridgehead atoms. The molecular weight excluding hydrogens is 188 g/mol. The summed E-state index contributed by atoms with van der Waals surface area (Å²) in [7, 11) is 6.10. The summed E-state index contributed by atoms with van der Waals surface area (Å²) in [6.45, 7) is 8.28. The van der Waals surface area contributed by atoms with Crippen molar-refractivity contribution in [3.05, 3.63) is 0 Å². The van der Waals surface area contributed by atoms with Crippen LogP contribution in [0.1, 0.15) is 26.7 Å². The lowest BCUT2D eigenvalue weighted by Gasteiger charge is -2.11. The fourth-order valence-electron chi connectivity index (χ4n) is 1.10. The molecule has 4 heteroatoms. The lowest BCUT2D eigenvalue weighted by atomic mass is 10.3. The van der Waals surface area contributed by atoms with Crippen molar-refractivity contribution in [3.63, 3.8) is 0 Å². The molecule has 4 nitrogen and oxygen atoms in total. The number of hydrogen-bond donors (Lipinski definition) is 2. The Morgan fingerprint density at radius 2 is 1.40 bits per heavy atom. The number of hydrazine groups is 1. The zero-order chi connectivity index (χ0) is 12.1. The highest BCUT2D eigenvalue weighted by atomic mass is 15.4. The molecule has 0 amide bonds. The first-order chi connectivity index (χ1) is 7.13. The molecule has 0 fully saturated rings. The van der Waals surface area contributed by atoms with Crippen LogP contribution in [0, 0.1) is 0 Å². The fraction of sp³-hybridized carbons (Fsp3) is 1.00. The molecule has 0 aromatic rings. The molecule has 94 valence electrons. The van der Waals surface area contributed by atoms with E-state index in [0.29, 0.717) is 0 Å². The molecule has 0 heterocycles. The lowest BCUT2D eigenvalue weighted by Crippen LogP contribution is -2.30. The Bertz CT molecular complexity index is 92.8. The molecular formula is C11H30N4. The van der Waals surface area contributed by atoms with E-state index < -0.39 is 0 Å². The van der Waals surface area contributed by atoms with Crippen LogP contribution in [0.3, 0.4) is 0 Å². The zero-order valence-corrected chi connectivity index (χ0v) is 11.2. The van der Waals surface area contributed by atoms with Crippen molar-refractivity contribution in [2.75, 3.05) is 47.3 Å². The maximum Gasteiger partial charge on any atom is 0.0137 e. The Hall–Kier alpha value is -0.160. The molecule has 15 heavy (non-hydrogen) atoms. The van der Waals surface area contributed by atoms with Crippen molar-refractivity contribution >= 4 is 0 Å². The van der Waals surface area contributed by atoms with E-state index in [1.165, 1.54) is 6.42 Å². The summed E-state index contributed by atoms with van der Waals surface area (Å²) in [6, 6.07) is 0. The van der Waals surface area contributed by atoms with Gasteiger partial charge in [-0.05, 0) is 46.6 Å². The summed E-state index contributed by atoms with van der Waals surface area (Å²) in [6.07, 6.45) is 2.33. The van der Waals surface area contributed by atoms with Crippen LogP contribution in [0.15, 0.2) is 0 Å². The minimum atomic E-state index is 0.959. The molecule has 0 saturated carbocycles. The molecule has 0 rings (SSSR count). The second kappa shape index (κ2) is 13.8. The largest absolute Gasteiger partial charge is 0.317 e. The number of nitrogens with one attached hydrogen (secondary N) is 1. The standard InChI is InChI=1S/C9H24N4.C2H6/c1-12(2)8-4-6-11-7-5-9-13(3)10;1-2/h11H,4-10H2,1-3H3;1-2H3. The van der Waals surface area contributed by atoms with Crippen LogP contribution in [-0.4, -0.2) is 57.2 Å². The molecule has 0 saturated heterocycles. The monoisotopic (exact) mass is 218 g/mol. The van der Waals surface area contributed by atoms with Gasteiger partial charge >= 0.3 is 0 Å². The maximum atomic E-state index is 5.47. The highest BCUT2D eigenvalue weighted by molar-refractivity contribution is 4.52. The van der Waals surface area contributed by atoms with E-state index in [0.717, 1.165) is 32.6 Å². The Balaban J connectivity index is 0. The summed E-state index contributed by atoms with van der Waals surface area (Å²) in [5, 5.41) is 5.11. The topological polar surface area (TPSA) is 44.5 Å². The molecule has 0 aliphatic heterocycles. The van der Waals surface area contributed by atoms with Crippen LogP contribution in [-0.2, 0) is 0 Å². The van der Waals surface area contributed by atoms with Gasteiger partial charge in [-0.25, -0.2) is 0 Å². The van der Waals surface area contributed by atoms with Crippen LogP contribution in [0.4, 0.5) is 0 Å². The van der Waals surface area contributed by atoms with E-state index in [4.69, 9.17) is 5.84 Å². The average molecular weight is 218 g/mol. The normalized spacial score (nSPS) is 10.4. The van der Waals surface area contributed by atoms with Gasteiger partial charge in [0.2, 0.25) is 0 Å². The Labute approximate surface area is 95.8 Å². The van der Waals surface area contributed by atoms with Gasteiger partial charge in [-0.2, -0.15) is 0 Å². The third-order valence-electron chi connectivity index (χ3n) is 1.82. The predicted molar refractivity (Wildman–Crippen MR) is 68.8 cm³/mol. The molecule has 0 aromatic carbocycles. The summed E-state index contributed by atoms with van der Waals surface area (Å²) in [5.74, 6) is 5.47. The van der Waals surface area contributed by atoms with Crippen LogP contribution in [0.2, 0.25) is 0 Å².